The van der Waals surface area contributed by atoms with Gasteiger partial charge in [0.25, 0.3) is 0 Å². The summed E-state index contributed by atoms with van der Waals surface area (Å²) in [6.45, 7) is 0.526. The van der Waals surface area contributed by atoms with Crippen molar-refractivity contribution in [3.63, 3.8) is 0 Å². The lowest BCUT2D eigenvalue weighted by Gasteiger charge is -2.16. The molecule has 2 rings (SSSR count). The third-order valence-electron chi connectivity index (χ3n) is 2.54. The first-order chi connectivity index (χ1) is 8.70. The maximum Gasteiger partial charge on any atom is 0.119 e. The van der Waals surface area contributed by atoms with Crippen LogP contribution >= 0.6 is 34.5 Å². The first kappa shape index (κ1) is 13.7. The Kier molecular flexibility index (Phi) is 4.89. The van der Waals surface area contributed by atoms with Gasteiger partial charge in [-0.15, -0.1) is 11.3 Å². The Morgan fingerprint density at radius 2 is 1.94 bits per heavy atom. The predicted octanol–water partition coefficient (Wildman–Crippen LogP) is 4.39. The van der Waals surface area contributed by atoms with Crippen LogP contribution in [0.3, 0.4) is 0 Å². The molecule has 1 N–H and O–H groups in total. The largest absolute Gasteiger partial charge is 0.492 e. The lowest BCUT2D eigenvalue weighted by atomic mass is 10.2. The van der Waals surface area contributed by atoms with E-state index in [1.807, 2.05) is 42.8 Å². The average Bonchev–Trinajstić information content (AvgIpc) is 2.79. The van der Waals surface area contributed by atoms with Crippen LogP contribution < -0.4 is 10.1 Å². The topological polar surface area (TPSA) is 21.3 Å². The highest BCUT2D eigenvalue weighted by molar-refractivity contribution is 7.10. The van der Waals surface area contributed by atoms with Crippen LogP contribution in [-0.2, 0) is 0 Å². The molecule has 0 radical (unpaired) electrons. The van der Waals surface area contributed by atoms with Gasteiger partial charge in [-0.25, -0.2) is 0 Å². The Hall–Kier alpha value is -0.740. The average molecular weight is 302 g/mol. The van der Waals surface area contributed by atoms with E-state index in [2.05, 4.69) is 5.32 Å². The highest BCUT2D eigenvalue weighted by Gasteiger charge is 2.15. The summed E-state index contributed by atoms with van der Waals surface area (Å²) in [4.78, 5) is 1.09. The fourth-order valence-electron chi connectivity index (χ4n) is 1.55. The quantitative estimate of drug-likeness (QED) is 0.884. The van der Waals surface area contributed by atoms with Crippen LogP contribution in [0.25, 0.3) is 0 Å². The van der Waals surface area contributed by atoms with E-state index in [0.717, 1.165) is 15.6 Å². The Morgan fingerprint density at radius 1 is 1.22 bits per heavy atom. The lowest BCUT2D eigenvalue weighted by molar-refractivity contribution is 0.275. The third-order valence-corrected chi connectivity index (χ3v) is 4.26. The summed E-state index contributed by atoms with van der Waals surface area (Å²) in [7, 11) is 1.89. The second-order valence-corrected chi connectivity index (χ2v) is 5.53. The van der Waals surface area contributed by atoms with Crippen LogP contribution in [0.2, 0.25) is 10.0 Å². The standard InChI is InChI=1S/C13H13Cl2NOS/c1-16-12(13-11(15)6-7-18-13)8-17-10-4-2-9(14)3-5-10/h2-7,12,16H,8H2,1H3. The van der Waals surface area contributed by atoms with Gasteiger partial charge >= 0.3 is 0 Å². The number of halogens is 2. The number of hydrogen-bond donors (Lipinski definition) is 1. The van der Waals surface area contributed by atoms with Crippen molar-refractivity contribution in [2.75, 3.05) is 13.7 Å². The molecule has 0 aliphatic heterocycles. The normalized spacial score (nSPS) is 12.4. The van der Waals surface area contributed by atoms with E-state index in [-0.39, 0.29) is 6.04 Å². The second kappa shape index (κ2) is 6.43. The van der Waals surface area contributed by atoms with Crippen molar-refractivity contribution in [2.24, 2.45) is 0 Å². The maximum atomic E-state index is 6.11. The van der Waals surface area contributed by atoms with Gasteiger partial charge in [0, 0.05) is 9.90 Å². The van der Waals surface area contributed by atoms with E-state index in [4.69, 9.17) is 27.9 Å². The first-order valence-corrected chi connectivity index (χ1v) is 7.13. The number of likely N-dealkylation sites (N-methyl/N-ethyl adjacent to an activating group) is 1. The van der Waals surface area contributed by atoms with Crippen molar-refractivity contribution in [2.45, 2.75) is 6.04 Å². The molecule has 1 heterocycles. The van der Waals surface area contributed by atoms with E-state index in [1.165, 1.54) is 0 Å². The minimum Gasteiger partial charge on any atom is -0.492 e. The molecular formula is C13H13Cl2NOS. The molecule has 1 aromatic carbocycles. The van der Waals surface area contributed by atoms with Crippen LogP contribution in [0.1, 0.15) is 10.9 Å². The molecule has 2 nitrogen and oxygen atoms in total. The molecule has 0 bridgehead atoms. The van der Waals surface area contributed by atoms with Crippen LogP contribution in [-0.4, -0.2) is 13.7 Å². The van der Waals surface area contributed by atoms with Gasteiger partial charge in [-0.05, 0) is 42.8 Å². The van der Waals surface area contributed by atoms with Gasteiger partial charge in [-0.1, -0.05) is 23.2 Å². The molecule has 18 heavy (non-hydrogen) atoms. The number of nitrogens with one attached hydrogen (secondary N) is 1. The van der Waals surface area contributed by atoms with Crippen molar-refractivity contribution in [1.82, 2.24) is 5.32 Å². The minimum absolute atomic E-state index is 0.0909. The minimum atomic E-state index is 0.0909. The molecule has 1 aromatic heterocycles. The fourth-order valence-corrected chi connectivity index (χ4v) is 2.97. The highest BCUT2D eigenvalue weighted by atomic mass is 35.5. The molecule has 1 atom stereocenters. The zero-order chi connectivity index (χ0) is 13.0. The molecule has 1 unspecified atom stereocenters. The van der Waals surface area contributed by atoms with Gasteiger partial charge in [0.2, 0.25) is 0 Å². The van der Waals surface area contributed by atoms with Gasteiger partial charge < -0.3 is 10.1 Å². The van der Waals surface area contributed by atoms with E-state index in [1.54, 1.807) is 11.3 Å². The Bertz CT molecular complexity index is 498. The molecular weight excluding hydrogens is 289 g/mol. The molecule has 2 aromatic rings. The summed E-state index contributed by atoms with van der Waals surface area (Å²) in [5.41, 5.74) is 0. The summed E-state index contributed by atoms with van der Waals surface area (Å²) in [5, 5.41) is 6.66. The van der Waals surface area contributed by atoms with Crippen LogP contribution in [0.4, 0.5) is 0 Å². The number of hydrogen-bond acceptors (Lipinski definition) is 3. The number of ether oxygens (including phenoxy) is 1. The van der Waals surface area contributed by atoms with Crippen LogP contribution in [0, 0.1) is 0 Å². The maximum absolute atomic E-state index is 6.11. The zero-order valence-electron chi connectivity index (χ0n) is 9.82. The number of thiophene rings is 1. The molecule has 0 spiro atoms. The fraction of sp³-hybridized carbons (Fsp3) is 0.231. The molecule has 0 fully saturated rings. The zero-order valence-corrected chi connectivity index (χ0v) is 12.1. The smallest absolute Gasteiger partial charge is 0.119 e. The Morgan fingerprint density at radius 3 is 2.50 bits per heavy atom. The summed E-state index contributed by atoms with van der Waals surface area (Å²) in [6, 6.07) is 9.31. The summed E-state index contributed by atoms with van der Waals surface area (Å²) >= 11 is 13.6. The predicted molar refractivity (Wildman–Crippen MR) is 78.1 cm³/mol. The lowest BCUT2D eigenvalue weighted by Crippen LogP contribution is -2.22. The van der Waals surface area contributed by atoms with Gasteiger partial charge in [-0.3, -0.25) is 0 Å². The summed E-state index contributed by atoms with van der Waals surface area (Å²) < 4.78 is 5.72. The van der Waals surface area contributed by atoms with Crippen LogP contribution in [0.15, 0.2) is 35.7 Å². The van der Waals surface area contributed by atoms with Gasteiger partial charge in [-0.2, -0.15) is 0 Å². The summed E-state index contributed by atoms with van der Waals surface area (Å²) in [5.74, 6) is 0.798. The van der Waals surface area contributed by atoms with E-state index in [0.29, 0.717) is 11.6 Å². The molecule has 0 aliphatic carbocycles. The van der Waals surface area contributed by atoms with Crippen molar-refractivity contribution >= 4 is 34.5 Å². The molecule has 0 amide bonds. The number of rotatable bonds is 5. The third kappa shape index (κ3) is 3.39. The van der Waals surface area contributed by atoms with E-state index in [9.17, 15) is 0 Å². The molecule has 0 saturated carbocycles. The number of benzene rings is 1. The van der Waals surface area contributed by atoms with Crippen molar-refractivity contribution in [1.29, 1.82) is 0 Å². The summed E-state index contributed by atoms with van der Waals surface area (Å²) in [6.07, 6.45) is 0. The first-order valence-electron chi connectivity index (χ1n) is 5.49. The molecule has 0 aliphatic rings. The van der Waals surface area contributed by atoms with Crippen LogP contribution in [0.5, 0.6) is 5.75 Å². The molecule has 96 valence electrons. The monoisotopic (exact) mass is 301 g/mol. The Labute approximate surface area is 120 Å². The van der Waals surface area contributed by atoms with Gasteiger partial charge in [0.1, 0.15) is 12.4 Å². The van der Waals surface area contributed by atoms with Crippen molar-refractivity contribution < 1.29 is 4.74 Å². The van der Waals surface area contributed by atoms with Gasteiger partial charge in [0.15, 0.2) is 0 Å². The Balaban J connectivity index is 2.00. The van der Waals surface area contributed by atoms with Crippen molar-refractivity contribution in [3.8, 4) is 5.75 Å². The SMILES string of the molecule is CNC(COc1ccc(Cl)cc1)c1sccc1Cl. The second-order valence-electron chi connectivity index (χ2n) is 3.74. The van der Waals surface area contributed by atoms with E-state index < -0.39 is 0 Å². The van der Waals surface area contributed by atoms with Crippen molar-refractivity contribution in [3.05, 3.63) is 50.6 Å². The highest BCUT2D eigenvalue weighted by Crippen LogP contribution is 2.29. The van der Waals surface area contributed by atoms with Gasteiger partial charge in [0.05, 0.1) is 11.1 Å². The molecule has 0 saturated heterocycles. The van der Waals surface area contributed by atoms with E-state index >= 15 is 0 Å². The molecule has 5 heteroatoms.